The van der Waals surface area contributed by atoms with Crippen LogP contribution in [0.4, 0.5) is 0 Å². The minimum Gasteiger partial charge on any atom is -0.340 e. The molecule has 1 heterocycles. The lowest BCUT2D eigenvalue weighted by molar-refractivity contribution is 0.0907. The van der Waals surface area contributed by atoms with Gasteiger partial charge in [0.25, 0.3) is 5.91 Å². The minimum atomic E-state index is -0.853. The third-order valence-corrected chi connectivity index (χ3v) is 4.45. The molecule has 3 aromatic rings. The maximum Gasteiger partial charge on any atom is 0.252 e. The van der Waals surface area contributed by atoms with Gasteiger partial charge in [0.1, 0.15) is 6.04 Å². The Balaban J connectivity index is 1.77. The highest BCUT2D eigenvalue weighted by Gasteiger charge is 2.30. The van der Waals surface area contributed by atoms with Crippen LogP contribution in [-0.4, -0.2) is 16.0 Å². The normalized spacial score (nSPS) is 12.6. The fraction of sp³-hybridized carbons (Fsp3) is 0.250. The van der Waals surface area contributed by atoms with Crippen molar-refractivity contribution in [2.45, 2.75) is 32.4 Å². The van der Waals surface area contributed by atoms with E-state index >= 15 is 0 Å². The van der Waals surface area contributed by atoms with Gasteiger partial charge in [-0.25, -0.2) is 0 Å². The van der Waals surface area contributed by atoms with Gasteiger partial charge < -0.3 is 15.6 Å². The molecular weight excluding hydrogens is 364 g/mol. The van der Waals surface area contributed by atoms with E-state index in [1.165, 1.54) is 0 Å². The zero-order chi connectivity index (χ0) is 19.6. The van der Waals surface area contributed by atoms with Crippen LogP contribution in [-0.2, 0) is 5.54 Å². The Kier molecular flexibility index (Phi) is 5.30. The standard InChI is InChI=1S/C20H21ClN4O2/c1-12-7-9-13(10-8-12)16(22)18-23-19(25-27-18)20(2,3)24-17(26)14-5-4-6-15(21)11-14/h4-11,16H,22H2,1-3H3,(H,24,26). The fourth-order valence-electron chi connectivity index (χ4n) is 2.57. The molecule has 140 valence electrons. The molecule has 0 saturated carbocycles. The molecule has 0 aliphatic heterocycles. The van der Waals surface area contributed by atoms with Gasteiger partial charge in [0, 0.05) is 10.6 Å². The number of aromatic nitrogens is 2. The monoisotopic (exact) mass is 384 g/mol. The maximum absolute atomic E-state index is 12.5. The third-order valence-electron chi connectivity index (χ3n) is 4.22. The number of rotatable bonds is 5. The second kappa shape index (κ2) is 7.50. The van der Waals surface area contributed by atoms with Crippen molar-refractivity contribution in [1.82, 2.24) is 15.5 Å². The average molecular weight is 385 g/mol. The largest absolute Gasteiger partial charge is 0.340 e. The molecule has 3 rings (SSSR count). The van der Waals surface area contributed by atoms with Gasteiger partial charge >= 0.3 is 0 Å². The summed E-state index contributed by atoms with van der Waals surface area (Å²) in [6, 6.07) is 14.0. The lowest BCUT2D eigenvalue weighted by atomic mass is 10.0. The van der Waals surface area contributed by atoms with E-state index in [2.05, 4.69) is 15.5 Å². The molecule has 0 aliphatic rings. The molecule has 0 radical (unpaired) electrons. The van der Waals surface area contributed by atoms with Crippen LogP contribution in [0.5, 0.6) is 0 Å². The number of nitrogens with zero attached hydrogens (tertiary/aromatic N) is 2. The second-order valence-electron chi connectivity index (χ2n) is 6.93. The zero-order valence-corrected chi connectivity index (χ0v) is 16.1. The van der Waals surface area contributed by atoms with E-state index < -0.39 is 11.6 Å². The van der Waals surface area contributed by atoms with Crippen LogP contribution in [0.3, 0.4) is 0 Å². The fourth-order valence-corrected chi connectivity index (χ4v) is 2.76. The molecule has 1 atom stereocenters. The number of benzene rings is 2. The molecule has 1 aromatic heterocycles. The first-order chi connectivity index (χ1) is 12.8. The van der Waals surface area contributed by atoms with E-state index in [-0.39, 0.29) is 5.91 Å². The Bertz CT molecular complexity index is 951. The van der Waals surface area contributed by atoms with Crippen molar-refractivity contribution >= 4 is 17.5 Å². The summed E-state index contributed by atoms with van der Waals surface area (Å²) >= 11 is 5.95. The second-order valence-corrected chi connectivity index (χ2v) is 7.37. The predicted octanol–water partition coefficient (Wildman–Crippen LogP) is 3.74. The van der Waals surface area contributed by atoms with Crippen LogP contribution < -0.4 is 11.1 Å². The number of carbonyl (C=O) groups is 1. The van der Waals surface area contributed by atoms with E-state index in [0.717, 1.165) is 11.1 Å². The molecular formula is C20H21ClN4O2. The van der Waals surface area contributed by atoms with Crippen molar-refractivity contribution in [3.63, 3.8) is 0 Å². The Morgan fingerprint density at radius 2 is 1.93 bits per heavy atom. The van der Waals surface area contributed by atoms with E-state index in [1.54, 1.807) is 38.1 Å². The summed E-state index contributed by atoms with van der Waals surface area (Å²) in [5, 5.41) is 7.39. The van der Waals surface area contributed by atoms with Crippen molar-refractivity contribution in [3.8, 4) is 0 Å². The van der Waals surface area contributed by atoms with Crippen molar-refractivity contribution in [1.29, 1.82) is 0 Å². The van der Waals surface area contributed by atoms with Crippen molar-refractivity contribution < 1.29 is 9.32 Å². The van der Waals surface area contributed by atoms with Gasteiger partial charge in [0.15, 0.2) is 5.82 Å². The summed E-state index contributed by atoms with van der Waals surface area (Å²) in [5.41, 5.74) is 7.85. The zero-order valence-electron chi connectivity index (χ0n) is 15.4. The first-order valence-electron chi connectivity index (χ1n) is 8.50. The molecule has 0 bridgehead atoms. The van der Waals surface area contributed by atoms with Gasteiger partial charge in [0.05, 0.1) is 5.54 Å². The van der Waals surface area contributed by atoms with Gasteiger partial charge in [-0.05, 0) is 44.5 Å². The summed E-state index contributed by atoms with van der Waals surface area (Å²) in [7, 11) is 0. The summed E-state index contributed by atoms with van der Waals surface area (Å²) < 4.78 is 5.35. The number of aryl methyl sites for hydroxylation is 1. The number of amides is 1. The molecule has 27 heavy (non-hydrogen) atoms. The highest BCUT2D eigenvalue weighted by molar-refractivity contribution is 6.30. The topological polar surface area (TPSA) is 94.0 Å². The molecule has 3 N–H and O–H groups in total. The number of nitrogens with one attached hydrogen (secondary N) is 1. The molecule has 0 spiro atoms. The number of hydrogen-bond acceptors (Lipinski definition) is 5. The van der Waals surface area contributed by atoms with Gasteiger partial charge in [-0.3, -0.25) is 4.79 Å². The lowest BCUT2D eigenvalue weighted by Crippen LogP contribution is -2.41. The minimum absolute atomic E-state index is 0.281. The van der Waals surface area contributed by atoms with Gasteiger partial charge in [-0.1, -0.05) is 52.7 Å². The number of halogens is 1. The van der Waals surface area contributed by atoms with Crippen molar-refractivity contribution in [2.75, 3.05) is 0 Å². The SMILES string of the molecule is Cc1ccc(C(N)c2nc(C(C)(C)NC(=O)c3cccc(Cl)c3)no2)cc1. The highest BCUT2D eigenvalue weighted by Crippen LogP contribution is 2.23. The van der Waals surface area contributed by atoms with Crippen LogP contribution in [0.15, 0.2) is 53.1 Å². The van der Waals surface area contributed by atoms with Crippen LogP contribution in [0.2, 0.25) is 5.02 Å². The van der Waals surface area contributed by atoms with Gasteiger partial charge in [-0.2, -0.15) is 4.98 Å². The summed E-state index contributed by atoms with van der Waals surface area (Å²) in [4.78, 5) is 16.9. The molecule has 0 saturated heterocycles. The molecule has 2 aromatic carbocycles. The Labute approximate surface area is 162 Å². The number of hydrogen-bond donors (Lipinski definition) is 2. The summed E-state index contributed by atoms with van der Waals surface area (Å²) in [6.07, 6.45) is 0. The quantitative estimate of drug-likeness (QED) is 0.698. The summed E-state index contributed by atoms with van der Waals surface area (Å²) in [5.74, 6) is 0.353. The molecule has 6 nitrogen and oxygen atoms in total. The average Bonchev–Trinajstić information content (AvgIpc) is 3.12. The van der Waals surface area contributed by atoms with Crippen molar-refractivity contribution in [3.05, 3.63) is 82.0 Å². The maximum atomic E-state index is 12.5. The smallest absolute Gasteiger partial charge is 0.252 e. The molecule has 1 unspecified atom stereocenters. The van der Waals surface area contributed by atoms with Crippen LogP contribution >= 0.6 is 11.6 Å². The summed E-state index contributed by atoms with van der Waals surface area (Å²) in [6.45, 7) is 5.59. The number of carbonyl (C=O) groups excluding carboxylic acids is 1. The van der Waals surface area contributed by atoms with E-state index in [1.807, 2.05) is 31.2 Å². The third kappa shape index (κ3) is 4.35. The molecule has 0 aliphatic carbocycles. The van der Waals surface area contributed by atoms with Gasteiger partial charge in [-0.15, -0.1) is 0 Å². The van der Waals surface area contributed by atoms with Crippen molar-refractivity contribution in [2.24, 2.45) is 5.73 Å². The Morgan fingerprint density at radius 3 is 2.59 bits per heavy atom. The van der Waals surface area contributed by atoms with E-state index in [9.17, 15) is 4.79 Å². The van der Waals surface area contributed by atoms with E-state index in [0.29, 0.717) is 22.3 Å². The first kappa shape index (κ1) is 19.1. The predicted molar refractivity (Wildman–Crippen MR) is 103 cm³/mol. The lowest BCUT2D eigenvalue weighted by Gasteiger charge is -2.22. The van der Waals surface area contributed by atoms with Crippen LogP contribution in [0, 0.1) is 6.92 Å². The molecule has 0 fully saturated rings. The Hall–Kier alpha value is -2.70. The molecule has 1 amide bonds. The van der Waals surface area contributed by atoms with Crippen LogP contribution in [0.1, 0.15) is 53.1 Å². The Morgan fingerprint density at radius 1 is 1.22 bits per heavy atom. The van der Waals surface area contributed by atoms with Crippen LogP contribution in [0.25, 0.3) is 0 Å². The molecule has 7 heteroatoms. The van der Waals surface area contributed by atoms with E-state index in [4.69, 9.17) is 21.9 Å². The number of nitrogens with two attached hydrogens (primary N) is 1. The first-order valence-corrected chi connectivity index (χ1v) is 8.88. The van der Waals surface area contributed by atoms with Gasteiger partial charge in [0.2, 0.25) is 5.89 Å². The highest BCUT2D eigenvalue weighted by atomic mass is 35.5.